The monoisotopic (exact) mass is 1680 g/mol. The summed E-state index contributed by atoms with van der Waals surface area (Å²) in [7, 11) is -4.43. The molecule has 16 aliphatic heterocycles. The molecule has 16 bridgehead atoms. The highest BCUT2D eigenvalue weighted by molar-refractivity contribution is 6.74. The largest absolute Gasteiger partial charge is 0.408 e. The fourth-order valence-electron chi connectivity index (χ4n) is 21.6. The summed E-state index contributed by atoms with van der Waals surface area (Å²) < 4.78 is 82.9. The van der Waals surface area contributed by atoms with E-state index in [1.807, 2.05) is 12.2 Å². The van der Waals surface area contributed by atoms with E-state index in [4.69, 9.17) is 56.2 Å². The van der Waals surface area contributed by atoms with Gasteiger partial charge in [-0.1, -0.05) is 182 Å². The zero-order valence-electron chi connectivity index (χ0n) is 77.8. The number of hydrogen-bond acceptors (Lipinski definition) is 16. The lowest BCUT2D eigenvalue weighted by atomic mass is 9.76. The van der Waals surface area contributed by atoms with Crippen molar-refractivity contribution in [2.45, 2.75) is 468 Å². The summed E-state index contributed by atoms with van der Waals surface area (Å²) >= 11 is 0. The summed E-state index contributed by atoms with van der Waals surface area (Å²) in [5.41, 5.74) is 4.56. The predicted octanol–water partition coefficient (Wildman–Crippen LogP) is 21.6. The summed E-state index contributed by atoms with van der Waals surface area (Å²) in [5, 5.41) is 11.4. The topological polar surface area (TPSA) is 182 Å². The zero-order valence-corrected chi connectivity index (χ0v) is 79.8. The first-order chi connectivity index (χ1) is 55.5. The molecule has 35 atom stereocenters. The van der Waals surface area contributed by atoms with Gasteiger partial charge in [-0.2, -0.15) is 0 Å². The molecule has 16 rings (SSSR count). The second-order valence-electron chi connectivity index (χ2n) is 43.5. The van der Waals surface area contributed by atoms with Crippen LogP contribution in [0, 0.1) is 71.0 Å². The van der Waals surface area contributed by atoms with E-state index in [0.717, 1.165) is 144 Å². The van der Waals surface area contributed by atoms with Gasteiger partial charge in [0.25, 0.3) is 0 Å². The molecule has 118 heavy (non-hydrogen) atoms. The van der Waals surface area contributed by atoms with Crippen molar-refractivity contribution in [3.63, 3.8) is 0 Å². The number of carbonyl (C=O) groups excluding carboxylic acids is 3. The minimum Gasteiger partial charge on any atom is -0.408 e. The van der Waals surface area contributed by atoms with Gasteiger partial charge in [0.1, 0.15) is 11.6 Å². The molecule has 1 N–H and O–H groups in total. The van der Waals surface area contributed by atoms with Crippen molar-refractivity contribution in [2.75, 3.05) is 0 Å². The van der Waals surface area contributed by atoms with Crippen molar-refractivity contribution in [1.82, 2.24) is 0 Å². The standard InChI is InChI=1S/C50H84O8Si.C50H82O8Si/c2*1-14-29(2)23-45-35(8)41-27-37(52)26-40-19-22-43-48(55-40)33(6)34(7)49(57-43)44(58-59(12,13)50(9,10)11)20-16-36(51)15-17-38-25-31(4)42(53-38)21-18-39-24-30(3)32(5)46(54-39)28-47(41)56-45/h16,20,29-30,33-36,38-49,51H,4-5,14-15,17-19,21-28H2,1-3,6-13H3;16,20,29-30,33-35,38-49H,4-5,14-15,17-19,21-28H2,1-3,6-13H3/b2*20-16+/t29-,30-,33-,34+,35-,36?,38+,39+,40?,41-,42?,43+,44+,45-,46?,47+,48-,49-;29-,30-,33-,34+,35-,38+,39+,40?,41-,42?,43+,44+,45-,46?,47+,48-,49-/m11/s1. The van der Waals surface area contributed by atoms with Crippen LogP contribution in [0.1, 0.15) is 292 Å². The number of rotatable bonds is 10. The van der Waals surface area contributed by atoms with Crippen molar-refractivity contribution in [3.05, 3.63) is 72.9 Å². The minimum absolute atomic E-state index is 0.00174. The Kier molecular flexibility index (Phi) is 33.3. The lowest BCUT2D eigenvalue weighted by Crippen LogP contribution is -2.58. The molecule has 0 aromatic carbocycles. The normalized spacial score (nSPS) is 43.8. The molecule has 10 saturated heterocycles. The first-order valence-electron chi connectivity index (χ1n) is 47.7. The highest BCUT2D eigenvalue weighted by Crippen LogP contribution is 2.51. The Bertz CT molecular complexity index is 3420. The van der Waals surface area contributed by atoms with Crippen LogP contribution in [0.3, 0.4) is 0 Å². The van der Waals surface area contributed by atoms with Crippen LogP contribution in [-0.2, 0) is 70.6 Å². The molecule has 0 saturated carbocycles. The van der Waals surface area contributed by atoms with Gasteiger partial charge in [-0.15, -0.1) is 0 Å². The SMILES string of the molecule is C=C1C[C@@H]2CCC(=O)/C=C/[C@H](O[Si](C)(C)C(C)(C)C)[C@@H]3O[C@H]4CCC(CC(=O)C[C@@H]5[C@@H](C)[C@@H](C[C@H](C)CC)O[C@H]5CC5O[C@@H](CCC1O2)C[C@@H](C)C5=C)O[C@@H]4[C@H](C)[C@@H]3C.C=C1C[C@@H]2CCC(O)/C=C/[C@H](O[Si](C)(C)C(C)(C)C)[C@@H]3O[C@H]4CCC(CC(=O)C[C@@H]5[C@@H](C)[C@@H](C[C@H](C)CC)O[C@H]5CC5O[C@@H](CCC1O2)C[C@@H](C)C5=C)O[C@@H]4[C@H](C)[C@@H]3C. The van der Waals surface area contributed by atoms with Crippen molar-refractivity contribution >= 4 is 34.0 Å². The maximum Gasteiger partial charge on any atom is 0.193 e. The maximum atomic E-state index is 14.2. The third-order valence-electron chi connectivity index (χ3n) is 32.7. The Hall–Kier alpha value is -2.64. The van der Waals surface area contributed by atoms with E-state index in [1.165, 1.54) is 0 Å². The average Bonchev–Trinajstić information content (AvgIpc) is 1.21. The summed E-state index contributed by atoms with van der Waals surface area (Å²) in [5.74, 6) is 3.92. The molecular weight excluding hydrogens is 1510 g/mol. The molecular formula is C100H166O16Si2. The Balaban J connectivity index is 0.000000231. The molecule has 0 aliphatic carbocycles. The third kappa shape index (κ3) is 23.8. The van der Waals surface area contributed by atoms with Crippen molar-refractivity contribution < 1.29 is 75.7 Å². The van der Waals surface area contributed by atoms with Gasteiger partial charge in [0.2, 0.25) is 0 Å². The van der Waals surface area contributed by atoms with Crippen LogP contribution in [0.4, 0.5) is 0 Å². The van der Waals surface area contributed by atoms with Crippen LogP contribution in [0.2, 0.25) is 36.3 Å². The van der Waals surface area contributed by atoms with Crippen LogP contribution >= 0.6 is 0 Å². The summed E-state index contributed by atoms with van der Waals surface area (Å²) in [6.45, 7) is 68.0. The fourth-order valence-corrected chi connectivity index (χ4v) is 24.1. The van der Waals surface area contributed by atoms with Crippen LogP contribution in [0.5, 0.6) is 0 Å². The second-order valence-corrected chi connectivity index (χ2v) is 53.0. The van der Waals surface area contributed by atoms with E-state index in [9.17, 15) is 19.5 Å². The van der Waals surface area contributed by atoms with E-state index >= 15 is 0 Å². The van der Waals surface area contributed by atoms with Crippen LogP contribution in [0.25, 0.3) is 0 Å². The molecule has 10 fully saturated rings. The van der Waals surface area contributed by atoms with Gasteiger partial charge in [0, 0.05) is 44.9 Å². The molecule has 16 nitrogen and oxygen atoms in total. The molecule has 16 heterocycles. The number of fused-ring (bicyclic) bond motifs is 4. The zero-order chi connectivity index (χ0) is 85.9. The van der Waals surface area contributed by atoms with Gasteiger partial charge in [-0.05, 0) is 245 Å². The number of aliphatic hydroxyl groups is 1. The lowest BCUT2D eigenvalue weighted by molar-refractivity contribution is -0.237. The van der Waals surface area contributed by atoms with Gasteiger partial charge in [-0.25, -0.2) is 0 Å². The Morgan fingerprint density at radius 1 is 0.415 bits per heavy atom. The second kappa shape index (κ2) is 41.0. The average molecular weight is 1680 g/mol. The molecule has 7 unspecified atom stereocenters. The van der Waals surface area contributed by atoms with Gasteiger partial charge in [0.15, 0.2) is 22.4 Å². The number of Topliss-reactive ketones (excluding diaryl/α,β-unsaturated/α-hetero) is 2. The number of allylic oxidation sites excluding steroid dienone is 1. The van der Waals surface area contributed by atoms with E-state index in [0.29, 0.717) is 68.6 Å². The maximum absolute atomic E-state index is 14.2. The van der Waals surface area contributed by atoms with Gasteiger partial charge in [0.05, 0.1) is 140 Å². The minimum atomic E-state index is -2.23. The van der Waals surface area contributed by atoms with Crippen LogP contribution in [0.15, 0.2) is 72.9 Å². The summed E-state index contributed by atoms with van der Waals surface area (Å²) in [6, 6.07) is 0. The number of hydrogen-bond donors (Lipinski definition) is 1. The first kappa shape index (κ1) is 96.0. The van der Waals surface area contributed by atoms with E-state index in [2.05, 4.69) is 183 Å². The van der Waals surface area contributed by atoms with E-state index < -0.39 is 22.7 Å². The predicted molar refractivity (Wildman–Crippen MR) is 477 cm³/mol. The highest BCUT2D eigenvalue weighted by Gasteiger charge is 2.55. The smallest absolute Gasteiger partial charge is 0.193 e. The summed E-state index contributed by atoms with van der Waals surface area (Å²) in [4.78, 5) is 41.9. The molecule has 0 aromatic heterocycles. The Labute approximate surface area is 717 Å². The third-order valence-corrected chi connectivity index (χ3v) is 41.7. The Morgan fingerprint density at radius 2 is 0.788 bits per heavy atom. The molecule has 0 aromatic rings. The summed E-state index contributed by atoms with van der Waals surface area (Å²) in [6.07, 6.45) is 26.0. The Morgan fingerprint density at radius 3 is 1.20 bits per heavy atom. The number of carbonyl (C=O) groups is 3. The molecule has 16 aliphatic rings. The molecule has 670 valence electrons. The van der Waals surface area contributed by atoms with Crippen molar-refractivity contribution in [3.8, 4) is 0 Å². The number of aliphatic hydroxyl groups excluding tert-OH is 1. The number of ketones is 3. The van der Waals surface area contributed by atoms with Gasteiger partial charge >= 0.3 is 0 Å². The van der Waals surface area contributed by atoms with Crippen molar-refractivity contribution in [1.29, 1.82) is 0 Å². The van der Waals surface area contributed by atoms with E-state index in [1.54, 1.807) is 6.08 Å². The van der Waals surface area contributed by atoms with Crippen LogP contribution < -0.4 is 0 Å². The first-order valence-corrected chi connectivity index (χ1v) is 53.5. The van der Waals surface area contributed by atoms with Crippen LogP contribution in [-0.4, -0.2) is 179 Å². The fraction of sp³-hybridized carbons (Fsp3) is 0.850. The molecule has 0 amide bonds. The van der Waals surface area contributed by atoms with Gasteiger partial charge in [-0.3, -0.25) is 14.4 Å². The molecule has 0 spiro atoms. The molecule has 18 heteroatoms. The molecule has 0 radical (unpaired) electrons. The van der Waals surface area contributed by atoms with E-state index in [-0.39, 0.29) is 209 Å². The quantitative estimate of drug-likeness (QED) is 0.161. The highest BCUT2D eigenvalue weighted by atomic mass is 28.4. The van der Waals surface area contributed by atoms with Crippen molar-refractivity contribution in [2.24, 2.45) is 71.0 Å². The lowest BCUT2D eigenvalue weighted by Gasteiger charge is -2.51. The number of ether oxygens (including phenoxy) is 10. The van der Waals surface area contributed by atoms with Gasteiger partial charge < -0.3 is 61.3 Å².